The quantitative estimate of drug-likeness (QED) is 0.775. The standard InChI is InChI=1S/C15H25N3O3/c1-14(2,3)15(10-19)7-5-9-18(15)12(20)11-6-4-8-17(11)13(16)21/h10-11H,4-9H2,1-3H3,(H2,16,21). The minimum atomic E-state index is -0.782. The molecule has 118 valence electrons. The maximum atomic E-state index is 12.9. The molecule has 0 aromatic heterocycles. The Morgan fingerprint density at radius 2 is 1.90 bits per heavy atom. The summed E-state index contributed by atoms with van der Waals surface area (Å²) in [4.78, 5) is 39.3. The molecule has 2 heterocycles. The molecular weight excluding hydrogens is 270 g/mol. The summed E-state index contributed by atoms with van der Waals surface area (Å²) >= 11 is 0. The van der Waals surface area contributed by atoms with Crippen LogP contribution in [0.25, 0.3) is 0 Å². The fourth-order valence-electron chi connectivity index (χ4n) is 3.69. The van der Waals surface area contributed by atoms with Gasteiger partial charge in [-0.25, -0.2) is 4.79 Å². The fourth-order valence-corrected chi connectivity index (χ4v) is 3.69. The molecule has 0 aromatic carbocycles. The number of amides is 3. The Labute approximate surface area is 125 Å². The average Bonchev–Trinajstić information content (AvgIpc) is 3.04. The Hall–Kier alpha value is -1.59. The van der Waals surface area contributed by atoms with Crippen LogP contribution in [0.2, 0.25) is 0 Å². The van der Waals surface area contributed by atoms with E-state index in [0.29, 0.717) is 25.9 Å². The van der Waals surface area contributed by atoms with Crippen LogP contribution in [0.1, 0.15) is 46.5 Å². The molecule has 2 unspecified atom stereocenters. The molecule has 3 amide bonds. The summed E-state index contributed by atoms with van der Waals surface area (Å²) in [5.41, 5.74) is 4.24. The molecule has 6 nitrogen and oxygen atoms in total. The van der Waals surface area contributed by atoms with E-state index < -0.39 is 17.6 Å². The monoisotopic (exact) mass is 295 g/mol. The molecule has 0 spiro atoms. The van der Waals surface area contributed by atoms with Crippen LogP contribution >= 0.6 is 0 Å². The highest BCUT2D eigenvalue weighted by Gasteiger charge is 2.53. The van der Waals surface area contributed by atoms with Gasteiger partial charge in [-0.15, -0.1) is 0 Å². The summed E-state index contributed by atoms with van der Waals surface area (Å²) in [6.45, 7) is 7.02. The number of carbonyl (C=O) groups excluding carboxylic acids is 3. The van der Waals surface area contributed by atoms with Gasteiger partial charge < -0.3 is 20.3 Å². The molecule has 2 saturated heterocycles. The zero-order valence-corrected chi connectivity index (χ0v) is 13.1. The van der Waals surface area contributed by atoms with Crippen LogP contribution in [0.3, 0.4) is 0 Å². The highest BCUT2D eigenvalue weighted by atomic mass is 16.2. The summed E-state index contributed by atoms with van der Waals surface area (Å²) in [7, 11) is 0. The molecular formula is C15H25N3O3. The third kappa shape index (κ3) is 2.40. The highest BCUT2D eigenvalue weighted by molar-refractivity contribution is 5.90. The molecule has 0 aromatic rings. The van der Waals surface area contributed by atoms with Gasteiger partial charge in [0.25, 0.3) is 0 Å². The van der Waals surface area contributed by atoms with Gasteiger partial charge in [0.1, 0.15) is 17.9 Å². The Kier molecular flexibility index (Phi) is 4.00. The van der Waals surface area contributed by atoms with E-state index in [-0.39, 0.29) is 11.3 Å². The molecule has 2 fully saturated rings. The molecule has 21 heavy (non-hydrogen) atoms. The van der Waals surface area contributed by atoms with Crippen molar-refractivity contribution in [1.82, 2.24) is 9.80 Å². The summed E-state index contributed by atoms with van der Waals surface area (Å²) in [5, 5.41) is 0. The third-order valence-corrected chi connectivity index (χ3v) is 5.00. The van der Waals surface area contributed by atoms with Crippen LogP contribution in [0.4, 0.5) is 4.79 Å². The van der Waals surface area contributed by atoms with Crippen molar-refractivity contribution in [2.75, 3.05) is 13.1 Å². The van der Waals surface area contributed by atoms with Crippen molar-refractivity contribution >= 4 is 18.2 Å². The molecule has 0 radical (unpaired) electrons. The van der Waals surface area contributed by atoms with E-state index in [1.807, 2.05) is 20.8 Å². The van der Waals surface area contributed by atoms with Crippen molar-refractivity contribution in [2.45, 2.75) is 58.0 Å². The number of nitrogens with zero attached hydrogens (tertiary/aromatic N) is 2. The lowest BCUT2D eigenvalue weighted by atomic mass is 9.72. The summed E-state index contributed by atoms with van der Waals surface area (Å²) in [6, 6.07) is -1.07. The van der Waals surface area contributed by atoms with Gasteiger partial charge >= 0.3 is 6.03 Å². The first-order valence-electron chi connectivity index (χ1n) is 7.58. The number of carbonyl (C=O) groups is 3. The van der Waals surface area contributed by atoms with Gasteiger partial charge in [-0.05, 0) is 31.1 Å². The molecule has 0 aliphatic carbocycles. The number of primary amides is 1. The van der Waals surface area contributed by atoms with Gasteiger partial charge in [0.2, 0.25) is 5.91 Å². The minimum absolute atomic E-state index is 0.133. The second-order valence-electron chi connectivity index (χ2n) is 7.08. The van der Waals surface area contributed by atoms with Crippen LogP contribution in [0.5, 0.6) is 0 Å². The van der Waals surface area contributed by atoms with Crippen molar-refractivity contribution in [3.05, 3.63) is 0 Å². The summed E-state index contributed by atoms with van der Waals surface area (Å²) < 4.78 is 0. The summed E-state index contributed by atoms with van der Waals surface area (Å²) in [5.74, 6) is -0.133. The van der Waals surface area contributed by atoms with Gasteiger partial charge in [0, 0.05) is 13.1 Å². The largest absolute Gasteiger partial charge is 0.351 e. The van der Waals surface area contributed by atoms with Crippen molar-refractivity contribution in [3.63, 3.8) is 0 Å². The van der Waals surface area contributed by atoms with Gasteiger partial charge in [-0.3, -0.25) is 4.79 Å². The number of urea groups is 1. The topological polar surface area (TPSA) is 83.7 Å². The van der Waals surface area contributed by atoms with E-state index in [9.17, 15) is 14.4 Å². The van der Waals surface area contributed by atoms with E-state index in [0.717, 1.165) is 19.1 Å². The number of aldehydes is 1. The zero-order valence-electron chi connectivity index (χ0n) is 13.1. The number of hydrogen-bond donors (Lipinski definition) is 1. The lowest BCUT2D eigenvalue weighted by Gasteiger charge is -2.45. The smallest absolute Gasteiger partial charge is 0.315 e. The summed E-state index contributed by atoms with van der Waals surface area (Å²) in [6.07, 6.45) is 3.80. The van der Waals surface area contributed by atoms with E-state index in [1.54, 1.807) is 4.90 Å². The Morgan fingerprint density at radius 3 is 2.43 bits per heavy atom. The van der Waals surface area contributed by atoms with Gasteiger partial charge in [0.15, 0.2) is 0 Å². The molecule has 6 heteroatoms. The first-order chi connectivity index (χ1) is 9.74. The third-order valence-electron chi connectivity index (χ3n) is 5.00. The molecule has 0 bridgehead atoms. The number of likely N-dealkylation sites (tertiary alicyclic amines) is 2. The highest BCUT2D eigenvalue weighted by Crippen LogP contribution is 2.43. The number of hydrogen-bond acceptors (Lipinski definition) is 3. The normalized spacial score (nSPS) is 29.8. The maximum Gasteiger partial charge on any atom is 0.315 e. The first kappa shape index (κ1) is 15.8. The van der Waals surface area contributed by atoms with Crippen LogP contribution in [-0.4, -0.2) is 52.7 Å². The minimum Gasteiger partial charge on any atom is -0.351 e. The van der Waals surface area contributed by atoms with E-state index in [2.05, 4.69) is 0 Å². The lowest BCUT2D eigenvalue weighted by molar-refractivity contribution is -0.148. The van der Waals surface area contributed by atoms with Crippen LogP contribution in [-0.2, 0) is 9.59 Å². The van der Waals surface area contributed by atoms with E-state index in [4.69, 9.17) is 5.73 Å². The molecule has 2 atom stereocenters. The molecule has 2 rings (SSSR count). The Balaban J connectivity index is 2.29. The van der Waals surface area contributed by atoms with Gasteiger partial charge in [-0.1, -0.05) is 20.8 Å². The Bertz CT molecular complexity index is 458. The second kappa shape index (κ2) is 5.31. The van der Waals surface area contributed by atoms with Crippen LogP contribution in [0.15, 0.2) is 0 Å². The van der Waals surface area contributed by atoms with Gasteiger partial charge in [0.05, 0.1) is 0 Å². The van der Waals surface area contributed by atoms with E-state index >= 15 is 0 Å². The second-order valence-corrected chi connectivity index (χ2v) is 7.08. The van der Waals surface area contributed by atoms with E-state index in [1.165, 1.54) is 4.90 Å². The molecule has 2 aliphatic heterocycles. The van der Waals surface area contributed by atoms with Crippen LogP contribution < -0.4 is 5.73 Å². The van der Waals surface area contributed by atoms with Crippen LogP contribution in [0, 0.1) is 5.41 Å². The zero-order chi connectivity index (χ0) is 15.8. The lowest BCUT2D eigenvalue weighted by Crippen LogP contribution is -2.60. The first-order valence-corrected chi connectivity index (χ1v) is 7.58. The molecule has 2 N–H and O–H groups in total. The predicted octanol–water partition coefficient (Wildman–Crippen LogP) is 1.14. The van der Waals surface area contributed by atoms with Crippen molar-refractivity contribution in [3.8, 4) is 0 Å². The predicted molar refractivity (Wildman–Crippen MR) is 78.5 cm³/mol. The number of rotatable bonds is 2. The Morgan fingerprint density at radius 1 is 1.24 bits per heavy atom. The molecule has 0 saturated carbocycles. The van der Waals surface area contributed by atoms with Crippen molar-refractivity contribution < 1.29 is 14.4 Å². The number of nitrogens with two attached hydrogens (primary N) is 1. The SMILES string of the molecule is CC(C)(C)C1(C=O)CCCN1C(=O)C1CCCN1C(N)=O. The maximum absolute atomic E-state index is 12.9. The molecule has 2 aliphatic rings. The average molecular weight is 295 g/mol. The van der Waals surface area contributed by atoms with Gasteiger partial charge in [-0.2, -0.15) is 0 Å². The van der Waals surface area contributed by atoms with Crippen molar-refractivity contribution in [1.29, 1.82) is 0 Å². The van der Waals surface area contributed by atoms with Crippen molar-refractivity contribution in [2.24, 2.45) is 11.1 Å². The fraction of sp³-hybridized carbons (Fsp3) is 0.800.